The second-order valence-corrected chi connectivity index (χ2v) is 10.0. The number of nitrogens with zero attached hydrogens (tertiary/aromatic N) is 2. The largest absolute Gasteiger partial charge is 0.496 e. The predicted molar refractivity (Wildman–Crippen MR) is 120 cm³/mol. The lowest BCUT2D eigenvalue weighted by atomic mass is 10.1. The van der Waals surface area contributed by atoms with Crippen LogP contribution in [0.5, 0.6) is 5.75 Å². The van der Waals surface area contributed by atoms with Crippen LogP contribution in [-0.4, -0.2) is 92.9 Å². The van der Waals surface area contributed by atoms with E-state index in [1.807, 2.05) is 6.07 Å². The van der Waals surface area contributed by atoms with Gasteiger partial charge in [-0.2, -0.15) is 17.5 Å². The van der Waals surface area contributed by atoms with E-state index in [9.17, 15) is 26.4 Å². The van der Waals surface area contributed by atoms with E-state index in [0.717, 1.165) is 6.42 Å². The number of carbonyl (C=O) groups excluding carboxylic acids is 1. The predicted octanol–water partition coefficient (Wildman–Crippen LogP) is 2.05. The average molecular weight is 512 g/mol. The first-order valence-electron chi connectivity index (χ1n) is 10.7. The fraction of sp³-hybridized carbons (Fsp3) is 0.619. The normalized spacial score (nSPS) is 14.8. The van der Waals surface area contributed by atoms with Crippen LogP contribution < -0.4 is 10.1 Å². The number of nitrogens with one attached hydrogen (secondary N) is 1. The maximum absolute atomic E-state index is 13.1. The van der Waals surface area contributed by atoms with Gasteiger partial charge in [0, 0.05) is 39.3 Å². The zero-order valence-corrected chi connectivity index (χ0v) is 20.3. The van der Waals surface area contributed by atoms with Crippen LogP contribution in [0.15, 0.2) is 24.3 Å². The summed E-state index contributed by atoms with van der Waals surface area (Å²) in [4.78, 5) is 23.6. The highest BCUT2D eigenvalue weighted by atomic mass is 32.2. The van der Waals surface area contributed by atoms with Crippen LogP contribution in [0.4, 0.5) is 13.2 Å². The number of rotatable bonds is 9. The Hall–Kier alpha value is -2.38. The average Bonchev–Trinajstić information content (AvgIpc) is 2.78. The molecule has 13 heteroatoms. The molecule has 1 aromatic rings. The summed E-state index contributed by atoms with van der Waals surface area (Å²) < 4.78 is 63.8. The molecule has 0 spiro atoms. The number of carboxylic acids is 1. The number of amides is 1. The van der Waals surface area contributed by atoms with Gasteiger partial charge in [0.25, 0.3) is 5.91 Å². The molecule has 0 saturated carbocycles. The van der Waals surface area contributed by atoms with Gasteiger partial charge >= 0.3 is 12.1 Å². The van der Waals surface area contributed by atoms with Gasteiger partial charge in [0.2, 0.25) is 10.0 Å². The number of halogens is 3. The molecule has 1 aliphatic heterocycles. The highest BCUT2D eigenvalue weighted by Crippen LogP contribution is 2.20. The summed E-state index contributed by atoms with van der Waals surface area (Å²) >= 11 is 0. The highest BCUT2D eigenvalue weighted by molar-refractivity contribution is 7.89. The molecule has 0 unspecified atom stereocenters. The summed E-state index contributed by atoms with van der Waals surface area (Å²) in [5.41, 5.74) is 0.461. The van der Waals surface area contributed by atoms with Crippen molar-refractivity contribution in [2.75, 3.05) is 52.1 Å². The van der Waals surface area contributed by atoms with Gasteiger partial charge in [0.05, 0.1) is 18.4 Å². The Labute approximate surface area is 197 Å². The van der Waals surface area contributed by atoms with E-state index in [1.165, 1.54) is 11.4 Å². The lowest BCUT2D eigenvalue weighted by Gasteiger charge is -2.29. The van der Waals surface area contributed by atoms with Crippen LogP contribution in [-0.2, 0) is 14.8 Å². The number of benzene rings is 1. The summed E-state index contributed by atoms with van der Waals surface area (Å²) in [5.74, 6) is -2.09. The second-order valence-electron chi connectivity index (χ2n) is 7.94. The van der Waals surface area contributed by atoms with E-state index in [0.29, 0.717) is 50.0 Å². The molecule has 1 heterocycles. The minimum Gasteiger partial charge on any atom is -0.496 e. The Kier molecular flexibility index (Phi) is 11.8. The smallest absolute Gasteiger partial charge is 0.490 e. The first-order valence-corrected chi connectivity index (χ1v) is 12.3. The molecule has 2 N–H and O–H groups in total. The van der Waals surface area contributed by atoms with Crippen LogP contribution in [0, 0.1) is 5.92 Å². The lowest BCUT2D eigenvalue weighted by molar-refractivity contribution is -0.192. The molecule has 0 aromatic heterocycles. The Balaban J connectivity index is 0.000000718. The van der Waals surface area contributed by atoms with Crippen LogP contribution in [0.25, 0.3) is 0 Å². The van der Waals surface area contributed by atoms with Crippen LogP contribution >= 0.6 is 0 Å². The van der Waals surface area contributed by atoms with Crippen molar-refractivity contribution in [3.8, 4) is 5.75 Å². The molecule has 1 amide bonds. The molecule has 1 aromatic carbocycles. The molecule has 0 atom stereocenters. The van der Waals surface area contributed by atoms with E-state index < -0.39 is 22.2 Å². The Morgan fingerprint density at radius 2 is 1.74 bits per heavy atom. The molecule has 2 rings (SSSR count). The first kappa shape index (κ1) is 29.7. The molecule has 0 bridgehead atoms. The van der Waals surface area contributed by atoms with E-state index in [4.69, 9.17) is 14.6 Å². The minimum atomic E-state index is -5.08. The van der Waals surface area contributed by atoms with Crippen molar-refractivity contribution >= 4 is 21.9 Å². The molecule has 9 nitrogen and oxygen atoms in total. The summed E-state index contributed by atoms with van der Waals surface area (Å²) in [6, 6.07) is 7.05. The van der Waals surface area contributed by atoms with Crippen LogP contribution in [0.3, 0.4) is 0 Å². The number of hydrogen-bond donors (Lipinski definition) is 2. The number of piperazine rings is 1. The topological polar surface area (TPSA) is 116 Å². The molecular formula is C21H32F3N3O6S. The molecule has 1 aliphatic rings. The van der Waals surface area contributed by atoms with Gasteiger partial charge in [0.15, 0.2) is 0 Å². The molecule has 0 aliphatic carbocycles. The fourth-order valence-corrected chi connectivity index (χ4v) is 4.45. The number of carbonyl (C=O) groups is 2. The van der Waals surface area contributed by atoms with Crippen molar-refractivity contribution in [1.82, 2.24) is 14.5 Å². The number of methoxy groups -OCH3 is 1. The van der Waals surface area contributed by atoms with E-state index in [1.54, 1.807) is 23.1 Å². The molecule has 1 saturated heterocycles. The molecule has 1 fully saturated rings. The quantitative estimate of drug-likeness (QED) is 0.521. The first-order chi connectivity index (χ1) is 15.8. The number of carboxylic acid groups (broad SMARTS) is 1. The zero-order valence-electron chi connectivity index (χ0n) is 19.5. The summed E-state index contributed by atoms with van der Waals surface area (Å²) in [6.45, 7) is 7.16. The van der Waals surface area contributed by atoms with Crippen LogP contribution in [0.1, 0.15) is 30.6 Å². The molecule has 34 heavy (non-hydrogen) atoms. The molecular weight excluding hydrogens is 479 g/mol. The van der Waals surface area contributed by atoms with E-state index in [-0.39, 0.29) is 18.2 Å². The van der Waals surface area contributed by atoms with Gasteiger partial charge in [-0.3, -0.25) is 4.79 Å². The third kappa shape index (κ3) is 9.85. The van der Waals surface area contributed by atoms with Gasteiger partial charge in [0.1, 0.15) is 5.75 Å². The lowest BCUT2D eigenvalue weighted by Crippen LogP contribution is -2.48. The Bertz CT molecular complexity index is 903. The zero-order chi connectivity index (χ0) is 25.9. The van der Waals surface area contributed by atoms with Crippen molar-refractivity contribution in [3.05, 3.63) is 29.8 Å². The van der Waals surface area contributed by atoms with E-state index in [2.05, 4.69) is 19.2 Å². The van der Waals surface area contributed by atoms with Crippen molar-refractivity contribution in [3.63, 3.8) is 0 Å². The van der Waals surface area contributed by atoms with Crippen molar-refractivity contribution in [2.45, 2.75) is 26.4 Å². The third-order valence-electron chi connectivity index (χ3n) is 4.93. The van der Waals surface area contributed by atoms with Crippen molar-refractivity contribution in [2.24, 2.45) is 5.92 Å². The Morgan fingerprint density at radius 1 is 1.18 bits per heavy atom. The number of ether oxygens (including phenoxy) is 1. The number of aliphatic carboxylic acids is 1. The highest BCUT2D eigenvalue weighted by Gasteiger charge is 2.38. The maximum Gasteiger partial charge on any atom is 0.490 e. The van der Waals surface area contributed by atoms with Gasteiger partial charge in [-0.1, -0.05) is 26.0 Å². The van der Waals surface area contributed by atoms with Gasteiger partial charge in [-0.15, -0.1) is 0 Å². The fourth-order valence-electron chi connectivity index (χ4n) is 3.00. The van der Waals surface area contributed by atoms with Crippen molar-refractivity contribution in [1.29, 1.82) is 0 Å². The minimum absolute atomic E-state index is 0.0635. The van der Waals surface area contributed by atoms with E-state index >= 15 is 0 Å². The number of para-hydroxylation sites is 1. The second kappa shape index (κ2) is 13.5. The van der Waals surface area contributed by atoms with Gasteiger partial charge < -0.3 is 20.1 Å². The summed E-state index contributed by atoms with van der Waals surface area (Å²) in [7, 11) is -1.85. The number of alkyl halides is 3. The third-order valence-corrected chi connectivity index (χ3v) is 6.78. The SMILES string of the molecule is COc1ccccc1C(=O)N(CCC(C)C)CCS(=O)(=O)N1CCNCC1.O=C(O)C(F)(F)F. The number of hydrogen-bond acceptors (Lipinski definition) is 6. The molecule has 0 radical (unpaired) electrons. The monoisotopic (exact) mass is 511 g/mol. The van der Waals surface area contributed by atoms with Gasteiger partial charge in [-0.05, 0) is 24.5 Å². The van der Waals surface area contributed by atoms with Gasteiger partial charge in [-0.25, -0.2) is 13.2 Å². The number of sulfonamides is 1. The Morgan fingerprint density at radius 3 is 2.24 bits per heavy atom. The van der Waals surface area contributed by atoms with Crippen molar-refractivity contribution < 1.29 is 41.0 Å². The summed E-state index contributed by atoms with van der Waals surface area (Å²) in [6.07, 6.45) is -4.27. The molecule has 194 valence electrons. The standard InChI is InChI=1S/C19H31N3O4S.C2HF3O2/c1-16(2)8-11-21(19(23)17-6-4-5-7-18(17)26-3)14-15-27(24,25)22-12-9-20-10-13-22;3-2(4,5)1(6)7/h4-7,16,20H,8-15H2,1-3H3;(H,6,7). The summed E-state index contributed by atoms with van der Waals surface area (Å²) in [5, 5.41) is 10.3. The maximum atomic E-state index is 13.1. The van der Waals surface area contributed by atoms with Crippen LogP contribution in [0.2, 0.25) is 0 Å².